The molecule has 0 radical (unpaired) electrons. The number of nitrogens with zero attached hydrogens (tertiary/aromatic N) is 3. The summed E-state index contributed by atoms with van der Waals surface area (Å²) in [6.07, 6.45) is 2.81. The van der Waals surface area contributed by atoms with Gasteiger partial charge in [0.15, 0.2) is 0 Å². The molecule has 0 aliphatic carbocycles. The van der Waals surface area contributed by atoms with Crippen molar-refractivity contribution in [1.82, 2.24) is 15.2 Å². The Morgan fingerprint density at radius 3 is 2.43 bits per heavy atom. The number of carbonyl (C=O) groups is 2. The van der Waals surface area contributed by atoms with Crippen molar-refractivity contribution in [3.8, 4) is 0 Å². The number of aromatic nitrogens is 1. The third-order valence-electron chi connectivity index (χ3n) is 4.82. The molecule has 0 unspecified atom stereocenters. The normalized spacial score (nSPS) is 14.0. The maximum Gasteiger partial charge on any atom is 0.223 e. The van der Waals surface area contributed by atoms with Gasteiger partial charge in [-0.15, -0.1) is 0 Å². The zero-order valence-corrected chi connectivity index (χ0v) is 15.8. The number of hydrogen-bond acceptors (Lipinski definition) is 4. The highest BCUT2D eigenvalue weighted by Gasteiger charge is 2.21. The van der Waals surface area contributed by atoms with E-state index in [1.807, 2.05) is 18.2 Å². The van der Waals surface area contributed by atoms with Crippen LogP contribution in [0.4, 0.5) is 10.1 Å². The molecule has 1 aliphatic heterocycles. The molecule has 0 spiro atoms. The van der Waals surface area contributed by atoms with Gasteiger partial charge in [0.1, 0.15) is 5.82 Å². The van der Waals surface area contributed by atoms with Crippen LogP contribution in [-0.2, 0) is 16.0 Å². The predicted molar refractivity (Wildman–Crippen MR) is 105 cm³/mol. The van der Waals surface area contributed by atoms with Crippen LogP contribution >= 0.6 is 0 Å². The molecule has 7 heteroatoms. The maximum atomic E-state index is 13.0. The predicted octanol–water partition coefficient (Wildman–Crippen LogP) is 2.01. The van der Waals surface area contributed by atoms with Crippen LogP contribution in [0.3, 0.4) is 0 Å². The van der Waals surface area contributed by atoms with E-state index in [9.17, 15) is 14.0 Å². The van der Waals surface area contributed by atoms with Crippen LogP contribution in [-0.4, -0.2) is 54.4 Å². The first-order valence-electron chi connectivity index (χ1n) is 9.57. The topological polar surface area (TPSA) is 65.5 Å². The molecule has 0 bridgehead atoms. The Kier molecular flexibility index (Phi) is 6.94. The van der Waals surface area contributed by atoms with Gasteiger partial charge in [0.25, 0.3) is 0 Å². The van der Waals surface area contributed by atoms with Gasteiger partial charge in [0.2, 0.25) is 11.8 Å². The lowest BCUT2D eigenvalue weighted by Crippen LogP contribution is -2.49. The number of rotatable bonds is 7. The van der Waals surface area contributed by atoms with Crippen LogP contribution in [0.2, 0.25) is 0 Å². The average molecular weight is 384 g/mol. The highest BCUT2D eigenvalue weighted by Crippen LogP contribution is 2.17. The van der Waals surface area contributed by atoms with Crippen molar-refractivity contribution < 1.29 is 14.0 Å². The molecule has 2 amide bonds. The van der Waals surface area contributed by atoms with Gasteiger partial charge in [0.05, 0.1) is 0 Å². The third kappa shape index (κ3) is 5.77. The fourth-order valence-electron chi connectivity index (χ4n) is 3.21. The number of benzene rings is 1. The number of hydrogen-bond donors (Lipinski definition) is 1. The van der Waals surface area contributed by atoms with Crippen LogP contribution in [0, 0.1) is 5.82 Å². The van der Waals surface area contributed by atoms with Crippen molar-refractivity contribution in [2.45, 2.75) is 19.3 Å². The van der Waals surface area contributed by atoms with E-state index >= 15 is 0 Å². The van der Waals surface area contributed by atoms with Crippen LogP contribution in [0.5, 0.6) is 0 Å². The fraction of sp³-hybridized carbons (Fsp3) is 0.381. The van der Waals surface area contributed by atoms with E-state index in [1.54, 1.807) is 23.2 Å². The van der Waals surface area contributed by atoms with Gasteiger partial charge in [-0.1, -0.05) is 6.07 Å². The molecule has 148 valence electrons. The average Bonchev–Trinajstić information content (AvgIpc) is 2.73. The van der Waals surface area contributed by atoms with Crippen molar-refractivity contribution in [3.05, 3.63) is 60.2 Å². The fourth-order valence-corrected chi connectivity index (χ4v) is 3.21. The molecule has 1 N–H and O–H groups in total. The SMILES string of the molecule is O=C(CCC(=O)N1CCN(c2ccc(F)cc2)CC1)NCCc1ccccn1. The summed E-state index contributed by atoms with van der Waals surface area (Å²) in [6.45, 7) is 3.14. The van der Waals surface area contributed by atoms with Gasteiger partial charge in [-0.2, -0.15) is 0 Å². The number of amides is 2. The van der Waals surface area contributed by atoms with E-state index in [1.165, 1.54) is 12.1 Å². The molecule has 3 rings (SSSR count). The van der Waals surface area contributed by atoms with Crippen LogP contribution in [0.25, 0.3) is 0 Å². The number of nitrogens with one attached hydrogen (secondary N) is 1. The zero-order valence-electron chi connectivity index (χ0n) is 15.8. The van der Waals surface area contributed by atoms with Crippen molar-refractivity contribution in [1.29, 1.82) is 0 Å². The van der Waals surface area contributed by atoms with Gasteiger partial charge in [-0.05, 0) is 36.4 Å². The molecule has 1 aromatic carbocycles. The Hall–Kier alpha value is -2.96. The van der Waals surface area contributed by atoms with Crippen molar-refractivity contribution in [2.24, 2.45) is 0 Å². The van der Waals surface area contributed by atoms with E-state index in [-0.39, 0.29) is 30.5 Å². The van der Waals surface area contributed by atoms with Crippen molar-refractivity contribution in [2.75, 3.05) is 37.6 Å². The first kappa shape index (κ1) is 19.8. The van der Waals surface area contributed by atoms with E-state index in [0.717, 1.165) is 11.4 Å². The standard InChI is InChI=1S/C21H25FN4O2/c22-17-4-6-19(7-5-17)25-13-15-26(16-14-25)21(28)9-8-20(27)24-12-10-18-3-1-2-11-23-18/h1-7,11H,8-10,12-16H2,(H,24,27). The number of halogens is 1. The van der Waals surface area contributed by atoms with Gasteiger partial charge >= 0.3 is 0 Å². The first-order valence-corrected chi connectivity index (χ1v) is 9.57. The van der Waals surface area contributed by atoms with Crippen LogP contribution in [0.1, 0.15) is 18.5 Å². The Balaban J connectivity index is 1.34. The Labute approximate surface area is 164 Å². The molecule has 28 heavy (non-hydrogen) atoms. The largest absolute Gasteiger partial charge is 0.368 e. The molecular formula is C21H25FN4O2. The van der Waals surface area contributed by atoms with E-state index in [4.69, 9.17) is 0 Å². The van der Waals surface area contributed by atoms with Gasteiger partial charge in [0, 0.05) is 69.6 Å². The summed E-state index contributed by atoms with van der Waals surface area (Å²) in [5.74, 6) is -0.372. The zero-order chi connectivity index (χ0) is 19.8. The molecule has 1 saturated heterocycles. The van der Waals surface area contributed by atoms with Crippen molar-refractivity contribution >= 4 is 17.5 Å². The van der Waals surface area contributed by atoms with E-state index in [2.05, 4.69) is 15.2 Å². The second-order valence-electron chi connectivity index (χ2n) is 6.77. The Morgan fingerprint density at radius 1 is 1.00 bits per heavy atom. The Bertz CT molecular complexity index is 775. The molecule has 2 aromatic rings. The lowest BCUT2D eigenvalue weighted by atomic mass is 10.2. The molecule has 2 heterocycles. The molecule has 0 atom stereocenters. The quantitative estimate of drug-likeness (QED) is 0.793. The monoisotopic (exact) mass is 384 g/mol. The minimum Gasteiger partial charge on any atom is -0.368 e. The van der Waals surface area contributed by atoms with Crippen molar-refractivity contribution in [3.63, 3.8) is 0 Å². The number of pyridine rings is 1. The van der Waals surface area contributed by atoms with Gasteiger partial charge < -0.3 is 15.1 Å². The Morgan fingerprint density at radius 2 is 1.75 bits per heavy atom. The lowest BCUT2D eigenvalue weighted by Gasteiger charge is -2.36. The first-order chi connectivity index (χ1) is 13.6. The minimum absolute atomic E-state index is 0.00127. The van der Waals surface area contributed by atoms with E-state index in [0.29, 0.717) is 39.1 Å². The van der Waals surface area contributed by atoms with Crippen LogP contribution < -0.4 is 10.2 Å². The number of carbonyl (C=O) groups excluding carboxylic acids is 2. The summed E-state index contributed by atoms with van der Waals surface area (Å²) in [4.78, 5) is 32.4. The van der Waals surface area contributed by atoms with E-state index < -0.39 is 0 Å². The summed E-state index contributed by atoms with van der Waals surface area (Å²) in [6, 6.07) is 12.1. The second-order valence-corrected chi connectivity index (χ2v) is 6.77. The third-order valence-corrected chi connectivity index (χ3v) is 4.82. The van der Waals surface area contributed by atoms with Gasteiger partial charge in [-0.3, -0.25) is 14.6 Å². The summed E-state index contributed by atoms with van der Waals surface area (Å²) in [7, 11) is 0. The maximum absolute atomic E-state index is 13.0. The number of piperazine rings is 1. The van der Waals surface area contributed by atoms with Crippen LogP contribution in [0.15, 0.2) is 48.7 Å². The molecule has 1 aromatic heterocycles. The lowest BCUT2D eigenvalue weighted by molar-refractivity contribution is -0.133. The summed E-state index contributed by atoms with van der Waals surface area (Å²) < 4.78 is 13.0. The molecule has 1 fully saturated rings. The summed E-state index contributed by atoms with van der Waals surface area (Å²) >= 11 is 0. The summed E-state index contributed by atoms with van der Waals surface area (Å²) in [5, 5.41) is 2.83. The van der Waals surface area contributed by atoms with Gasteiger partial charge in [-0.25, -0.2) is 4.39 Å². The molecule has 6 nitrogen and oxygen atoms in total. The highest BCUT2D eigenvalue weighted by atomic mass is 19.1. The smallest absolute Gasteiger partial charge is 0.223 e. The molecule has 1 aliphatic rings. The summed E-state index contributed by atoms with van der Waals surface area (Å²) in [5.41, 5.74) is 1.89. The molecular weight excluding hydrogens is 359 g/mol. The highest BCUT2D eigenvalue weighted by molar-refractivity contribution is 5.83. The molecule has 0 saturated carbocycles. The minimum atomic E-state index is -0.254. The number of anilines is 1. The second kappa shape index (κ2) is 9.82.